The largest absolute Gasteiger partial charge is 0.400 e. The van der Waals surface area contributed by atoms with E-state index in [2.05, 4.69) is 60.6 Å². The third kappa shape index (κ3) is 11.7. The molecule has 1 aromatic rings. The topological polar surface area (TPSA) is 135 Å². The predicted octanol–water partition coefficient (Wildman–Crippen LogP) is 13.8. The highest BCUT2D eigenvalue weighted by atomic mass is 32.2. The van der Waals surface area contributed by atoms with Gasteiger partial charge in [0.1, 0.15) is 0 Å². The zero-order chi connectivity index (χ0) is 51.5. The van der Waals surface area contributed by atoms with Crippen molar-refractivity contribution in [1.29, 1.82) is 0 Å². The normalized spacial score (nSPS) is 40.4. The molecule has 8 heteroatoms. The molecule has 0 amide bonds. The van der Waals surface area contributed by atoms with Gasteiger partial charge in [-0.25, -0.2) is 8.42 Å². The minimum atomic E-state index is -3.51. The van der Waals surface area contributed by atoms with Crippen LogP contribution in [0.15, 0.2) is 58.5 Å². The van der Waals surface area contributed by atoms with Gasteiger partial charge in [-0.2, -0.15) is 0 Å². The lowest BCUT2D eigenvalue weighted by Gasteiger charge is -2.55. The van der Waals surface area contributed by atoms with Crippen LogP contribution in [0.1, 0.15) is 216 Å². The van der Waals surface area contributed by atoms with E-state index in [4.69, 9.17) is 5.11 Å². The highest BCUT2D eigenvalue weighted by Gasteiger charge is 2.59. The van der Waals surface area contributed by atoms with Crippen molar-refractivity contribution in [2.75, 3.05) is 7.11 Å². The first-order chi connectivity index (χ1) is 33.8. The Morgan fingerprint density at radius 3 is 1.54 bits per heavy atom. The van der Waals surface area contributed by atoms with E-state index in [-0.39, 0.29) is 11.5 Å². The fraction of sp³-hybridized carbons (Fsp3) is 0.841. The fourth-order valence-electron chi connectivity index (χ4n) is 18.6. The highest BCUT2D eigenvalue weighted by Crippen LogP contribution is 2.67. The van der Waals surface area contributed by atoms with Crippen molar-refractivity contribution in [3.8, 4) is 0 Å². The smallest absolute Gasteiger partial charge is 0.181 e. The highest BCUT2D eigenvalue weighted by molar-refractivity contribution is 7.92. The predicted molar refractivity (Wildman–Crippen MR) is 291 cm³/mol. The maximum absolute atomic E-state index is 13.8. The number of fused-ring (bicyclic) bond motifs is 10. The zero-order valence-corrected chi connectivity index (χ0v) is 47.2. The molecule has 404 valence electrons. The molecule has 71 heavy (non-hydrogen) atoms. The fourth-order valence-corrected chi connectivity index (χ4v) is 20.5. The first-order valence-corrected chi connectivity index (χ1v) is 31.3. The Kier molecular flexibility index (Phi) is 19.1. The van der Waals surface area contributed by atoms with Crippen molar-refractivity contribution in [3.63, 3.8) is 0 Å². The second kappa shape index (κ2) is 23.8. The lowest BCUT2D eigenvalue weighted by molar-refractivity contribution is -0.0461. The molecule has 6 saturated carbocycles. The summed E-state index contributed by atoms with van der Waals surface area (Å²) < 4.78 is 27.5. The van der Waals surface area contributed by atoms with Gasteiger partial charge in [0.25, 0.3) is 0 Å². The molecule has 6 fully saturated rings. The maximum Gasteiger partial charge on any atom is 0.181 e. The zero-order valence-electron chi connectivity index (χ0n) is 46.3. The summed E-state index contributed by atoms with van der Waals surface area (Å²) in [6, 6.07) is 8.86. The van der Waals surface area contributed by atoms with Gasteiger partial charge in [0.15, 0.2) is 9.84 Å². The SMILES string of the molecule is CC[C@H](O)CC(C[C@@H](C)[C@H]1CC[C@H]2[C@@H]3CC=C4C[C@](O)(CC)CC[C@@H]4[C@H]3CC[C@]12C)S(=O)(=O)c1ccccc1.CC[C@H](O)CCC[C@@H](C)[C@H]1CC[C@H]2[C@@H]3CC=C4C[C@](O)(CC)CC[C@@H]4[C@H]3CC[C@]12C.CO. The molecule has 0 aliphatic heterocycles. The summed E-state index contributed by atoms with van der Waals surface area (Å²) in [5.74, 6) is 8.81. The Hall–Kier alpha value is -1.55. The van der Waals surface area contributed by atoms with Crippen LogP contribution in [0.5, 0.6) is 0 Å². The number of benzene rings is 1. The molecule has 0 saturated heterocycles. The molecule has 1 aromatic carbocycles. The maximum atomic E-state index is 13.8. The van der Waals surface area contributed by atoms with Gasteiger partial charge in [0, 0.05) is 7.11 Å². The summed E-state index contributed by atoms with van der Waals surface area (Å²) in [6.07, 6.45) is 31.3. The Morgan fingerprint density at radius 1 is 0.592 bits per heavy atom. The standard InChI is InChI=1S/C34H52O4S.C28H48O2.CH4O/c1-5-25(35)21-27(39(37,38)26-10-8-7-9-11-26)20-23(3)31-14-15-32-30-13-12-24-22-34(36,6-2)19-17-28(24)29(30)16-18-33(31,32)4;1-5-21(29)9-7-8-19(3)25-12-13-26-24-11-10-20-18-28(30,6-2)17-15-22(20)23(24)14-16-27(25,26)4;1-2/h7-12,23,25,27-32,35-36H,5-6,13-22H2,1-4H3;10,19,21-26,29-30H,5-9,11-18H2,1-4H3;2H,1H3/t23-,25+,27?,28+,29-,30-,31-,32+,33-,34+;19-,21+,22+,23-,24-,25-,26+,27-,28+;/m11./s1. The van der Waals surface area contributed by atoms with Crippen LogP contribution in [0.2, 0.25) is 0 Å². The minimum Gasteiger partial charge on any atom is -0.400 e. The van der Waals surface area contributed by atoms with E-state index in [0.717, 1.165) is 119 Å². The Balaban J connectivity index is 0.000000208. The van der Waals surface area contributed by atoms with Gasteiger partial charge in [-0.3, -0.25) is 0 Å². The van der Waals surface area contributed by atoms with Crippen LogP contribution in [-0.4, -0.2) is 69.7 Å². The van der Waals surface area contributed by atoms with Gasteiger partial charge in [-0.15, -0.1) is 0 Å². The van der Waals surface area contributed by atoms with E-state index in [1.54, 1.807) is 35.4 Å². The van der Waals surface area contributed by atoms with Crippen molar-refractivity contribution < 1.29 is 34.0 Å². The number of hydrogen-bond donors (Lipinski definition) is 5. The van der Waals surface area contributed by atoms with E-state index >= 15 is 0 Å². The van der Waals surface area contributed by atoms with Gasteiger partial charge >= 0.3 is 0 Å². The lowest BCUT2D eigenvalue weighted by Crippen LogP contribution is -2.48. The number of allylic oxidation sites excluding steroid dienone is 2. The molecular formula is C63H104O7S. The summed E-state index contributed by atoms with van der Waals surface area (Å²) in [7, 11) is -2.51. The lowest BCUT2D eigenvalue weighted by atomic mass is 9.50. The van der Waals surface area contributed by atoms with Crippen molar-refractivity contribution in [2.24, 2.45) is 81.8 Å². The molecule has 0 bridgehead atoms. The quantitative estimate of drug-likeness (QED) is 0.104. The molecule has 7 nitrogen and oxygen atoms in total. The molecule has 1 unspecified atom stereocenters. The Bertz CT molecular complexity index is 2030. The van der Waals surface area contributed by atoms with Crippen molar-refractivity contribution in [2.45, 2.75) is 249 Å². The van der Waals surface area contributed by atoms with Crippen LogP contribution in [0.3, 0.4) is 0 Å². The van der Waals surface area contributed by atoms with Gasteiger partial charge < -0.3 is 25.5 Å². The molecule has 5 N–H and O–H groups in total. The van der Waals surface area contributed by atoms with Gasteiger partial charge in [0.05, 0.1) is 33.6 Å². The van der Waals surface area contributed by atoms with Crippen LogP contribution in [0.25, 0.3) is 0 Å². The second-order valence-electron chi connectivity index (χ2n) is 26.1. The van der Waals surface area contributed by atoms with Crippen LogP contribution < -0.4 is 0 Å². The Labute approximate surface area is 433 Å². The van der Waals surface area contributed by atoms with Crippen molar-refractivity contribution in [3.05, 3.63) is 53.6 Å². The average Bonchev–Trinajstić information content (AvgIpc) is 3.93. The van der Waals surface area contributed by atoms with E-state index in [0.29, 0.717) is 53.2 Å². The third-order valence-electron chi connectivity index (χ3n) is 22.8. The molecule has 0 radical (unpaired) electrons. The monoisotopic (exact) mass is 1000 g/mol. The summed E-state index contributed by atoms with van der Waals surface area (Å²) in [6.45, 7) is 18.3. The first kappa shape index (κ1) is 57.2. The van der Waals surface area contributed by atoms with Crippen LogP contribution >= 0.6 is 0 Å². The summed E-state index contributed by atoms with van der Waals surface area (Å²) >= 11 is 0. The molecular weight excluding hydrogens is 901 g/mol. The molecule has 0 aromatic heterocycles. The second-order valence-corrected chi connectivity index (χ2v) is 28.3. The number of rotatable bonds is 16. The van der Waals surface area contributed by atoms with Gasteiger partial charge in [0.2, 0.25) is 0 Å². The molecule has 8 aliphatic rings. The summed E-state index contributed by atoms with van der Waals surface area (Å²) in [5.41, 5.74) is 3.05. The molecule has 8 aliphatic carbocycles. The molecule has 0 spiro atoms. The van der Waals surface area contributed by atoms with Crippen LogP contribution in [0.4, 0.5) is 0 Å². The van der Waals surface area contributed by atoms with E-state index in [9.17, 15) is 28.8 Å². The van der Waals surface area contributed by atoms with E-state index < -0.39 is 32.4 Å². The summed E-state index contributed by atoms with van der Waals surface area (Å²) in [5, 5.41) is 48.8. The van der Waals surface area contributed by atoms with E-state index in [1.165, 1.54) is 77.0 Å². The van der Waals surface area contributed by atoms with Gasteiger partial charge in [-0.05, 0) is 242 Å². The first-order valence-electron chi connectivity index (χ1n) is 29.8. The number of sulfone groups is 1. The number of hydrogen-bond acceptors (Lipinski definition) is 7. The Morgan fingerprint density at radius 2 is 1.07 bits per heavy atom. The molecule has 9 rings (SSSR count). The minimum absolute atomic E-state index is 0.0939. The summed E-state index contributed by atoms with van der Waals surface area (Å²) in [4.78, 5) is 0.383. The average molecular weight is 1010 g/mol. The molecule has 19 atom stereocenters. The van der Waals surface area contributed by atoms with Crippen LogP contribution in [-0.2, 0) is 9.84 Å². The molecule has 0 heterocycles. The van der Waals surface area contributed by atoms with Crippen LogP contribution in [0, 0.1) is 81.8 Å². The van der Waals surface area contributed by atoms with Gasteiger partial charge in [-0.1, -0.05) is 110 Å². The third-order valence-corrected chi connectivity index (χ3v) is 25.0. The number of aliphatic hydroxyl groups excluding tert-OH is 3. The number of aliphatic hydroxyl groups is 5. The van der Waals surface area contributed by atoms with Crippen molar-refractivity contribution >= 4 is 9.84 Å². The van der Waals surface area contributed by atoms with E-state index in [1.807, 2.05) is 13.0 Å². The van der Waals surface area contributed by atoms with Crippen molar-refractivity contribution in [1.82, 2.24) is 0 Å².